The summed E-state index contributed by atoms with van der Waals surface area (Å²) in [5.41, 5.74) is 13.7. The van der Waals surface area contributed by atoms with Crippen LogP contribution in [-0.4, -0.2) is 35.0 Å². The predicted octanol–water partition coefficient (Wildman–Crippen LogP) is 5.65. The van der Waals surface area contributed by atoms with E-state index in [0.29, 0.717) is 5.82 Å². The number of fused-ring (bicyclic) bond motifs is 2. The number of nitrogens with one attached hydrogen (secondary N) is 1. The standard InChI is InChI=1S/C29H35N5O.ClH/c30-22-13-15-34(18-22)28-23-8-3-1-2-4-9-25(23)32-26-11-10-20(16-24(26)28)21-12-14-31-27(17-21)33-29(35)19-6-5-7-19;/h10-12,14,16-17,19,22H,1-9,13,15,18,30H2,(H,31,33,35);1H/t22-;/m0./s1. The maximum atomic E-state index is 12.4. The van der Waals surface area contributed by atoms with Crippen molar-refractivity contribution in [1.29, 1.82) is 0 Å². The van der Waals surface area contributed by atoms with E-state index in [1.807, 2.05) is 12.1 Å². The Bertz CT molecular complexity index is 1260. The Morgan fingerprint density at radius 2 is 1.78 bits per heavy atom. The quantitative estimate of drug-likeness (QED) is 0.478. The van der Waals surface area contributed by atoms with Crippen molar-refractivity contribution in [2.45, 2.75) is 70.3 Å². The van der Waals surface area contributed by atoms with E-state index in [2.05, 4.69) is 33.4 Å². The summed E-state index contributed by atoms with van der Waals surface area (Å²) in [6.45, 7) is 1.91. The molecule has 3 heterocycles. The largest absolute Gasteiger partial charge is 0.369 e. The summed E-state index contributed by atoms with van der Waals surface area (Å²) in [6.07, 6.45) is 13.1. The molecule has 6 nitrogen and oxygen atoms in total. The van der Waals surface area contributed by atoms with Gasteiger partial charge in [0.05, 0.1) is 11.2 Å². The molecule has 7 heteroatoms. The zero-order valence-electron chi connectivity index (χ0n) is 20.8. The molecular weight excluding hydrogens is 470 g/mol. The van der Waals surface area contributed by atoms with Crippen molar-refractivity contribution >= 4 is 40.7 Å². The Morgan fingerprint density at radius 1 is 0.972 bits per heavy atom. The predicted molar refractivity (Wildman–Crippen MR) is 149 cm³/mol. The molecule has 1 amide bonds. The molecule has 0 unspecified atom stereocenters. The average Bonchev–Trinajstić information content (AvgIpc) is 3.23. The monoisotopic (exact) mass is 505 g/mol. The highest BCUT2D eigenvalue weighted by molar-refractivity contribution is 5.97. The number of amides is 1. The van der Waals surface area contributed by atoms with Crippen LogP contribution in [0.25, 0.3) is 22.0 Å². The normalized spacial score (nSPS) is 20.1. The molecule has 3 N–H and O–H groups in total. The third kappa shape index (κ3) is 4.94. The third-order valence-corrected chi connectivity index (χ3v) is 8.09. The van der Waals surface area contributed by atoms with E-state index in [1.54, 1.807) is 6.20 Å². The number of aryl methyl sites for hydroxylation is 1. The summed E-state index contributed by atoms with van der Waals surface area (Å²) in [5.74, 6) is 0.859. The molecule has 1 atom stereocenters. The number of nitrogens with zero attached hydrogens (tertiary/aromatic N) is 3. The zero-order chi connectivity index (χ0) is 23.8. The van der Waals surface area contributed by atoms with Crippen LogP contribution in [0.1, 0.15) is 62.6 Å². The van der Waals surface area contributed by atoms with Gasteiger partial charge in [-0.1, -0.05) is 25.3 Å². The number of aromatic nitrogens is 2. The van der Waals surface area contributed by atoms with Gasteiger partial charge in [0.25, 0.3) is 0 Å². The first-order valence-electron chi connectivity index (χ1n) is 13.4. The summed E-state index contributed by atoms with van der Waals surface area (Å²) < 4.78 is 0. The molecule has 3 aromatic rings. The molecule has 2 aliphatic carbocycles. The van der Waals surface area contributed by atoms with E-state index in [4.69, 9.17) is 10.7 Å². The molecule has 1 aliphatic heterocycles. The second-order valence-electron chi connectivity index (χ2n) is 10.6. The topological polar surface area (TPSA) is 84.1 Å². The minimum atomic E-state index is 0. The van der Waals surface area contributed by atoms with E-state index in [1.165, 1.54) is 48.0 Å². The van der Waals surface area contributed by atoms with E-state index in [9.17, 15) is 4.79 Å². The second-order valence-corrected chi connectivity index (χ2v) is 10.6. The van der Waals surface area contributed by atoms with Crippen LogP contribution in [0.4, 0.5) is 11.5 Å². The second kappa shape index (κ2) is 10.7. The van der Waals surface area contributed by atoms with Crippen LogP contribution in [0.2, 0.25) is 0 Å². The molecular formula is C29H36ClN5O. The van der Waals surface area contributed by atoms with Gasteiger partial charge < -0.3 is 16.0 Å². The van der Waals surface area contributed by atoms with Gasteiger partial charge in [-0.3, -0.25) is 9.78 Å². The van der Waals surface area contributed by atoms with Gasteiger partial charge in [-0.05, 0) is 85.9 Å². The van der Waals surface area contributed by atoms with Gasteiger partial charge in [-0.25, -0.2) is 4.98 Å². The summed E-state index contributed by atoms with van der Waals surface area (Å²) in [5, 5.41) is 4.24. The first-order chi connectivity index (χ1) is 17.2. The van der Waals surface area contributed by atoms with Crippen molar-refractivity contribution in [3.05, 3.63) is 47.8 Å². The highest BCUT2D eigenvalue weighted by Gasteiger charge is 2.27. The number of nitrogens with two attached hydrogens (primary N) is 1. The minimum absolute atomic E-state index is 0. The smallest absolute Gasteiger partial charge is 0.228 e. The van der Waals surface area contributed by atoms with Gasteiger partial charge >= 0.3 is 0 Å². The molecule has 2 aromatic heterocycles. The lowest BCUT2D eigenvalue weighted by Crippen LogP contribution is -2.28. The molecule has 6 rings (SSSR count). The number of rotatable bonds is 4. The first-order valence-corrected chi connectivity index (χ1v) is 13.4. The van der Waals surface area contributed by atoms with Crippen LogP contribution in [0.3, 0.4) is 0 Å². The number of benzene rings is 1. The van der Waals surface area contributed by atoms with E-state index < -0.39 is 0 Å². The van der Waals surface area contributed by atoms with Crippen molar-refractivity contribution in [2.75, 3.05) is 23.3 Å². The molecule has 36 heavy (non-hydrogen) atoms. The summed E-state index contributed by atoms with van der Waals surface area (Å²) in [4.78, 5) is 24.5. The van der Waals surface area contributed by atoms with Gasteiger partial charge in [-0.2, -0.15) is 0 Å². The van der Waals surface area contributed by atoms with Gasteiger partial charge in [0.2, 0.25) is 5.91 Å². The molecule has 0 bridgehead atoms. The Morgan fingerprint density at radius 3 is 2.53 bits per heavy atom. The number of carbonyl (C=O) groups is 1. The van der Waals surface area contributed by atoms with Crippen molar-refractivity contribution in [3.63, 3.8) is 0 Å². The average molecular weight is 506 g/mol. The molecule has 0 spiro atoms. The molecule has 2 fully saturated rings. The maximum Gasteiger partial charge on any atom is 0.228 e. The molecule has 0 radical (unpaired) electrons. The Kier molecular flexibility index (Phi) is 7.44. The van der Waals surface area contributed by atoms with E-state index in [0.717, 1.165) is 68.3 Å². The van der Waals surface area contributed by atoms with Gasteiger partial charge in [0.1, 0.15) is 5.82 Å². The number of halogens is 1. The third-order valence-electron chi connectivity index (χ3n) is 8.09. The summed E-state index contributed by atoms with van der Waals surface area (Å²) >= 11 is 0. The Labute approximate surface area is 219 Å². The van der Waals surface area contributed by atoms with Crippen LogP contribution in [0.15, 0.2) is 36.5 Å². The number of pyridine rings is 2. The molecule has 1 aromatic carbocycles. The van der Waals surface area contributed by atoms with Crippen LogP contribution < -0.4 is 16.0 Å². The lowest BCUT2D eigenvalue weighted by atomic mass is 9.85. The number of hydrogen-bond donors (Lipinski definition) is 2. The van der Waals surface area contributed by atoms with Crippen LogP contribution >= 0.6 is 12.4 Å². The highest BCUT2D eigenvalue weighted by Crippen LogP contribution is 2.38. The minimum Gasteiger partial charge on any atom is -0.369 e. The van der Waals surface area contributed by atoms with Crippen LogP contribution in [0, 0.1) is 5.92 Å². The van der Waals surface area contributed by atoms with Crippen molar-refractivity contribution in [3.8, 4) is 11.1 Å². The van der Waals surface area contributed by atoms with Crippen molar-refractivity contribution in [1.82, 2.24) is 9.97 Å². The number of hydrogen-bond acceptors (Lipinski definition) is 5. The van der Waals surface area contributed by atoms with Crippen LogP contribution in [-0.2, 0) is 17.6 Å². The van der Waals surface area contributed by atoms with Crippen molar-refractivity contribution < 1.29 is 4.79 Å². The molecule has 3 aliphatic rings. The van der Waals surface area contributed by atoms with Gasteiger partial charge in [0.15, 0.2) is 0 Å². The SMILES string of the molecule is Cl.N[C@H]1CCN(c2c3c(nc4ccc(-c5ccnc(NC(=O)C6CCC6)c5)cc24)CCCCCC3)C1. The van der Waals surface area contributed by atoms with E-state index in [-0.39, 0.29) is 30.3 Å². The summed E-state index contributed by atoms with van der Waals surface area (Å²) in [7, 11) is 0. The lowest BCUT2D eigenvalue weighted by Gasteiger charge is -2.27. The lowest BCUT2D eigenvalue weighted by molar-refractivity contribution is -0.122. The first kappa shape index (κ1) is 25.0. The fourth-order valence-electron chi connectivity index (χ4n) is 5.86. The maximum absolute atomic E-state index is 12.4. The highest BCUT2D eigenvalue weighted by atomic mass is 35.5. The Hall–Kier alpha value is -2.70. The zero-order valence-corrected chi connectivity index (χ0v) is 21.7. The molecule has 190 valence electrons. The van der Waals surface area contributed by atoms with Gasteiger partial charge in [-0.15, -0.1) is 12.4 Å². The Balaban J connectivity index is 0.00000267. The summed E-state index contributed by atoms with van der Waals surface area (Å²) in [6, 6.07) is 10.8. The molecule has 1 saturated carbocycles. The fourth-order valence-corrected chi connectivity index (χ4v) is 5.86. The van der Waals surface area contributed by atoms with E-state index >= 15 is 0 Å². The van der Waals surface area contributed by atoms with Crippen molar-refractivity contribution in [2.24, 2.45) is 11.7 Å². The number of carbonyl (C=O) groups excluding carboxylic acids is 1. The van der Waals surface area contributed by atoms with Crippen LogP contribution in [0.5, 0.6) is 0 Å². The fraction of sp³-hybridized carbons (Fsp3) is 0.483. The molecule has 1 saturated heterocycles. The number of anilines is 2. The van der Waals surface area contributed by atoms with Gasteiger partial charge in [0, 0.05) is 42.3 Å².